The zero-order valence-corrected chi connectivity index (χ0v) is 14.5. The van der Waals surface area contributed by atoms with Gasteiger partial charge in [0.05, 0.1) is 14.2 Å². The van der Waals surface area contributed by atoms with Crippen LogP contribution < -0.4 is 9.47 Å². The quantitative estimate of drug-likeness (QED) is 0.676. The largest absolute Gasteiger partial charge is 0.493 e. The summed E-state index contributed by atoms with van der Waals surface area (Å²) >= 11 is 0. The van der Waals surface area contributed by atoms with Gasteiger partial charge < -0.3 is 14.0 Å². The SMILES string of the molecule is COc1ccc(Cc2noc(/C=C/c3ccc(C)cc3)n2)cc1OC. The summed E-state index contributed by atoms with van der Waals surface area (Å²) in [5, 5.41) is 4.03. The highest BCUT2D eigenvalue weighted by atomic mass is 16.5. The molecule has 0 N–H and O–H groups in total. The van der Waals surface area contributed by atoms with E-state index in [-0.39, 0.29) is 0 Å². The van der Waals surface area contributed by atoms with Crippen LogP contribution in [0.15, 0.2) is 47.0 Å². The normalized spacial score (nSPS) is 11.0. The fourth-order valence-corrected chi connectivity index (χ4v) is 2.43. The lowest BCUT2D eigenvalue weighted by atomic mass is 10.1. The van der Waals surface area contributed by atoms with E-state index < -0.39 is 0 Å². The second kappa shape index (κ2) is 7.66. The van der Waals surface area contributed by atoms with Gasteiger partial charge >= 0.3 is 0 Å². The van der Waals surface area contributed by atoms with E-state index in [9.17, 15) is 0 Å². The van der Waals surface area contributed by atoms with Crippen molar-refractivity contribution in [3.05, 3.63) is 70.9 Å². The van der Waals surface area contributed by atoms with Crippen molar-refractivity contribution in [1.82, 2.24) is 10.1 Å². The number of hydrogen-bond donors (Lipinski definition) is 0. The monoisotopic (exact) mass is 336 g/mol. The molecule has 2 aromatic carbocycles. The number of hydrogen-bond acceptors (Lipinski definition) is 5. The van der Waals surface area contributed by atoms with E-state index in [1.54, 1.807) is 14.2 Å². The molecular weight excluding hydrogens is 316 g/mol. The fourth-order valence-electron chi connectivity index (χ4n) is 2.43. The summed E-state index contributed by atoms with van der Waals surface area (Å²) in [7, 11) is 3.23. The molecule has 25 heavy (non-hydrogen) atoms. The molecule has 0 aliphatic rings. The molecule has 128 valence electrons. The van der Waals surface area contributed by atoms with Gasteiger partial charge in [-0.3, -0.25) is 0 Å². The molecular formula is C20H20N2O3. The summed E-state index contributed by atoms with van der Waals surface area (Å²) in [6.07, 6.45) is 4.32. The van der Waals surface area contributed by atoms with Crippen LogP contribution in [0.1, 0.15) is 28.4 Å². The Balaban J connectivity index is 1.70. The highest BCUT2D eigenvalue weighted by Gasteiger charge is 2.09. The summed E-state index contributed by atoms with van der Waals surface area (Å²) in [5.41, 5.74) is 3.34. The Hall–Kier alpha value is -3.08. The molecule has 0 amide bonds. The molecule has 5 nitrogen and oxygen atoms in total. The summed E-state index contributed by atoms with van der Waals surface area (Å²) in [6, 6.07) is 14.0. The van der Waals surface area contributed by atoms with Crippen molar-refractivity contribution in [2.45, 2.75) is 13.3 Å². The van der Waals surface area contributed by atoms with Crippen LogP contribution in [0.25, 0.3) is 12.2 Å². The Morgan fingerprint density at radius 3 is 2.44 bits per heavy atom. The summed E-state index contributed by atoms with van der Waals surface area (Å²) in [5.74, 6) is 2.48. The van der Waals surface area contributed by atoms with Crippen molar-refractivity contribution in [3.63, 3.8) is 0 Å². The predicted molar refractivity (Wildman–Crippen MR) is 96.8 cm³/mol. The minimum atomic E-state index is 0.482. The molecule has 0 radical (unpaired) electrons. The molecule has 0 atom stereocenters. The van der Waals surface area contributed by atoms with E-state index in [4.69, 9.17) is 14.0 Å². The minimum absolute atomic E-state index is 0.482. The predicted octanol–water partition coefficient (Wildman–Crippen LogP) is 4.16. The van der Waals surface area contributed by atoms with E-state index in [1.165, 1.54) is 5.56 Å². The third kappa shape index (κ3) is 4.26. The van der Waals surface area contributed by atoms with E-state index in [1.807, 2.05) is 42.5 Å². The Kier molecular flexibility index (Phi) is 5.14. The first-order valence-electron chi connectivity index (χ1n) is 7.96. The lowest BCUT2D eigenvalue weighted by molar-refractivity contribution is 0.354. The molecule has 0 aliphatic heterocycles. The topological polar surface area (TPSA) is 57.4 Å². The van der Waals surface area contributed by atoms with Crippen molar-refractivity contribution < 1.29 is 14.0 Å². The Morgan fingerprint density at radius 2 is 1.72 bits per heavy atom. The Morgan fingerprint density at radius 1 is 0.960 bits per heavy atom. The van der Waals surface area contributed by atoms with Gasteiger partial charge in [0.25, 0.3) is 5.89 Å². The Bertz CT molecular complexity index is 867. The third-order valence-electron chi connectivity index (χ3n) is 3.79. The highest BCUT2D eigenvalue weighted by Crippen LogP contribution is 2.28. The van der Waals surface area contributed by atoms with Gasteiger partial charge in [-0.2, -0.15) is 4.98 Å². The first kappa shape index (κ1) is 16.8. The fraction of sp³-hybridized carbons (Fsp3) is 0.200. The first-order chi connectivity index (χ1) is 12.2. The smallest absolute Gasteiger partial charge is 0.250 e. The van der Waals surface area contributed by atoms with Gasteiger partial charge in [-0.25, -0.2) is 0 Å². The van der Waals surface area contributed by atoms with Crippen LogP contribution >= 0.6 is 0 Å². The van der Waals surface area contributed by atoms with E-state index >= 15 is 0 Å². The van der Waals surface area contributed by atoms with Gasteiger partial charge in [0, 0.05) is 12.5 Å². The molecule has 1 heterocycles. The maximum Gasteiger partial charge on any atom is 0.250 e. The average Bonchev–Trinajstić information content (AvgIpc) is 3.08. The third-order valence-corrected chi connectivity index (χ3v) is 3.79. The van der Waals surface area contributed by atoms with Gasteiger partial charge in [0.1, 0.15) is 0 Å². The molecule has 0 fully saturated rings. The second-order valence-electron chi connectivity index (χ2n) is 5.66. The average molecular weight is 336 g/mol. The molecule has 0 saturated carbocycles. The second-order valence-corrected chi connectivity index (χ2v) is 5.66. The molecule has 3 aromatic rings. The van der Waals surface area contributed by atoms with Crippen LogP contribution in [-0.2, 0) is 6.42 Å². The zero-order chi connectivity index (χ0) is 17.6. The standard InChI is InChI=1S/C20H20N2O3/c1-14-4-6-15(7-5-14)9-11-20-21-19(22-25-20)13-16-8-10-17(23-2)18(12-16)24-3/h4-12H,13H2,1-3H3/b11-9+. The van der Waals surface area contributed by atoms with Gasteiger partial charge in [0.15, 0.2) is 17.3 Å². The van der Waals surface area contributed by atoms with Crippen molar-refractivity contribution in [2.24, 2.45) is 0 Å². The summed E-state index contributed by atoms with van der Waals surface area (Å²) < 4.78 is 15.8. The molecule has 0 saturated heterocycles. The van der Waals surface area contributed by atoms with Crippen LogP contribution in [0, 0.1) is 6.92 Å². The van der Waals surface area contributed by atoms with E-state index in [2.05, 4.69) is 29.2 Å². The maximum absolute atomic E-state index is 5.32. The summed E-state index contributed by atoms with van der Waals surface area (Å²) in [4.78, 5) is 4.40. The molecule has 0 unspecified atom stereocenters. The number of aromatic nitrogens is 2. The summed E-state index contributed by atoms with van der Waals surface area (Å²) in [6.45, 7) is 2.06. The van der Waals surface area contributed by atoms with E-state index in [0.717, 1.165) is 11.1 Å². The first-order valence-corrected chi connectivity index (χ1v) is 7.96. The van der Waals surface area contributed by atoms with Crippen LogP contribution in [0.2, 0.25) is 0 Å². The van der Waals surface area contributed by atoms with Crippen molar-refractivity contribution in [3.8, 4) is 11.5 Å². The number of aryl methyl sites for hydroxylation is 1. The van der Waals surface area contributed by atoms with Gasteiger partial charge in [-0.05, 0) is 36.3 Å². The molecule has 1 aromatic heterocycles. The van der Waals surface area contributed by atoms with Gasteiger partial charge in [-0.1, -0.05) is 41.1 Å². The van der Waals surface area contributed by atoms with Crippen molar-refractivity contribution in [2.75, 3.05) is 14.2 Å². The van der Waals surface area contributed by atoms with Crippen LogP contribution in [0.5, 0.6) is 11.5 Å². The molecule has 0 aliphatic carbocycles. The van der Waals surface area contributed by atoms with Crippen LogP contribution in [0.3, 0.4) is 0 Å². The molecule has 5 heteroatoms. The van der Waals surface area contributed by atoms with Gasteiger partial charge in [0.2, 0.25) is 0 Å². The zero-order valence-electron chi connectivity index (χ0n) is 14.5. The van der Waals surface area contributed by atoms with Crippen LogP contribution in [0.4, 0.5) is 0 Å². The van der Waals surface area contributed by atoms with Crippen LogP contribution in [-0.4, -0.2) is 24.4 Å². The number of rotatable bonds is 6. The minimum Gasteiger partial charge on any atom is -0.493 e. The number of ether oxygens (including phenoxy) is 2. The molecule has 0 spiro atoms. The molecule has 3 rings (SSSR count). The Labute approximate surface area is 146 Å². The van der Waals surface area contributed by atoms with Crippen molar-refractivity contribution in [1.29, 1.82) is 0 Å². The van der Waals surface area contributed by atoms with Crippen molar-refractivity contribution >= 4 is 12.2 Å². The lowest BCUT2D eigenvalue weighted by Crippen LogP contribution is -1.95. The number of nitrogens with zero attached hydrogens (tertiary/aromatic N) is 2. The van der Waals surface area contributed by atoms with Gasteiger partial charge in [-0.15, -0.1) is 0 Å². The molecule has 0 bridgehead atoms. The number of benzene rings is 2. The van der Waals surface area contributed by atoms with E-state index in [0.29, 0.717) is 29.6 Å². The maximum atomic E-state index is 5.32. The highest BCUT2D eigenvalue weighted by molar-refractivity contribution is 5.65. The lowest BCUT2D eigenvalue weighted by Gasteiger charge is -2.08. The number of methoxy groups -OCH3 is 2.